The van der Waals surface area contributed by atoms with Gasteiger partial charge < -0.3 is 4.57 Å². The van der Waals surface area contributed by atoms with Gasteiger partial charge in [0.15, 0.2) is 0 Å². The molecule has 0 aliphatic heterocycles. The first-order valence-corrected chi connectivity index (χ1v) is 2.77. The Morgan fingerprint density at radius 3 is 2.70 bits per heavy atom. The van der Waals surface area contributed by atoms with Gasteiger partial charge in [0, 0.05) is 26.3 Å². The summed E-state index contributed by atoms with van der Waals surface area (Å²) in [5.41, 5.74) is -0.916. The Kier molecular flexibility index (Phi) is 1.16. The van der Waals surface area contributed by atoms with Gasteiger partial charge >= 0.3 is 5.69 Å². The molecule has 1 rings (SSSR count). The average Bonchev–Trinajstić information content (AvgIpc) is 1.97. The Labute approximate surface area is 58.7 Å². The Morgan fingerprint density at radius 2 is 2.10 bits per heavy atom. The van der Waals surface area contributed by atoms with Crippen molar-refractivity contribution in [2.75, 3.05) is 0 Å². The van der Waals surface area contributed by atoms with E-state index in [1.807, 2.05) is 0 Å². The maximum atomic E-state index is 11.0. The fraction of sp³-hybridized carbons (Fsp3) is 0.333. The lowest BCUT2D eigenvalue weighted by molar-refractivity contribution is 0.686. The highest BCUT2D eigenvalue weighted by Gasteiger charge is 1.93. The summed E-state index contributed by atoms with van der Waals surface area (Å²) in [6, 6.07) is 1.10. The molecule has 0 aromatic carbocycles. The normalized spacial score (nSPS) is 11.2. The van der Waals surface area contributed by atoms with Crippen LogP contribution in [0.15, 0.2) is 21.8 Å². The minimum absolute atomic E-state index is 0.0712. The first-order chi connectivity index (χ1) is 5.04. The Hall–Kier alpha value is -1.32. The highest BCUT2D eigenvalue weighted by atomic mass is 16.2. The molecule has 54 valence electrons. The molecule has 0 saturated carbocycles. The van der Waals surface area contributed by atoms with Crippen LogP contribution >= 0.6 is 0 Å². The van der Waals surface area contributed by atoms with E-state index in [1.54, 1.807) is 0 Å². The van der Waals surface area contributed by atoms with Crippen LogP contribution in [0.3, 0.4) is 0 Å². The van der Waals surface area contributed by atoms with Crippen LogP contribution in [0.25, 0.3) is 0 Å². The zero-order chi connectivity index (χ0) is 8.59. The second-order valence-electron chi connectivity index (χ2n) is 2.01. The fourth-order valence-corrected chi connectivity index (χ4v) is 0.623. The number of hydrogen-bond acceptors (Lipinski definition) is 2. The van der Waals surface area contributed by atoms with Gasteiger partial charge in [0.25, 0.3) is 5.56 Å². The van der Waals surface area contributed by atoms with Gasteiger partial charge in [-0.3, -0.25) is 9.36 Å². The second-order valence-corrected chi connectivity index (χ2v) is 2.01. The van der Waals surface area contributed by atoms with E-state index < -0.39 is 11.2 Å². The molecule has 0 radical (unpaired) electrons. The van der Waals surface area contributed by atoms with Crippen molar-refractivity contribution in [2.24, 2.45) is 14.1 Å². The predicted molar refractivity (Wildman–Crippen MR) is 36.9 cm³/mol. The summed E-state index contributed by atoms with van der Waals surface area (Å²) < 4.78 is 9.20. The van der Waals surface area contributed by atoms with Crippen molar-refractivity contribution < 1.29 is 1.37 Å². The van der Waals surface area contributed by atoms with E-state index in [0.717, 1.165) is 15.2 Å². The molecule has 0 atom stereocenters. The van der Waals surface area contributed by atoms with Gasteiger partial charge in [-0.25, -0.2) is 4.79 Å². The third-order valence-corrected chi connectivity index (χ3v) is 1.29. The van der Waals surface area contributed by atoms with Crippen LogP contribution < -0.4 is 11.2 Å². The molecule has 0 N–H and O–H groups in total. The van der Waals surface area contributed by atoms with Crippen LogP contribution in [0, 0.1) is 0 Å². The molecule has 0 unspecified atom stereocenters. The lowest BCUT2D eigenvalue weighted by Crippen LogP contribution is -2.35. The largest absolute Gasteiger partial charge is 0.330 e. The predicted octanol–water partition coefficient (Wildman–Crippen LogP) is -0.916. The Bertz CT molecular complexity index is 391. The summed E-state index contributed by atoms with van der Waals surface area (Å²) in [7, 11) is 2.83. The van der Waals surface area contributed by atoms with Crippen LogP contribution in [0.4, 0.5) is 0 Å². The Morgan fingerprint density at radius 1 is 1.50 bits per heavy atom. The molecule has 0 amide bonds. The van der Waals surface area contributed by atoms with E-state index in [4.69, 9.17) is 1.37 Å². The average molecular weight is 141 g/mol. The standard InChI is InChI=1S/C6H8N2O2/c1-7-4-3-5(9)8(2)6(7)10/h3-4H,1-2H3/i4D. The molecule has 4 heteroatoms. The molecule has 0 fully saturated rings. The summed E-state index contributed by atoms with van der Waals surface area (Å²) in [5.74, 6) is 0. The summed E-state index contributed by atoms with van der Waals surface area (Å²) in [5, 5.41) is 0. The monoisotopic (exact) mass is 141 g/mol. The van der Waals surface area contributed by atoms with Crippen molar-refractivity contribution in [1.29, 1.82) is 0 Å². The molecule has 0 spiro atoms. The third kappa shape index (κ3) is 0.877. The zero-order valence-electron chi connectivity index (χ0n) is 6.79. The van der Waals surface area contributed by atoms with Gasteiger partial charge in [-0.05, 0) is 0 Å². The number of aromatic nitrogens is 2. The molecule has 10 heavy (non-hydrogen) atoms. The lowest BCUT2D eigenvalue weighted by atomic mass is 10.6. The Balaban J connectivity index is 3.74. The van der Waals surface area contributed by atoms with Crippen molar-refractivity contribution in [3.8, 4) is 0 Å². The van der Waals surface area contributed by atoms with Crippen LogP contribution in [0.2, 0.25) is 0 Å². The van der Waals surface area contributed by atoms with Gasteiger partial charge in [0.2, 0.25) is 0 Å². The highest BCUT2D eigenvalue weighted by molar-refractivity contribution is 4.83. The maximum absolute atomic E-state index is 11.0. The van der Waals surface area contributed by atoms with E-state index in [9.17, 15) is 9.59 Å². The van der Waals surface area contributed by atoms with Crippen molar-refractivity contribution in [3.63, 3.8) is 0 Å². The van der Waals surface area contributed by atoms with Crippen molar-refractivity contribution >= 4 is 0 Å². The summed E-state index contributed by atoms with van der Waals surface area (Å²) in [6.07, 6.45) is -0.0712. The number of nitrogens with zero attached hydrogens (tertiary/aromatic N) is 2. The van der Waals surface area contributed by atoms with Crippen molar-refractivity contribution in [2.45, 2.75) is 0 Å². The molecule has 1 aromatic heterocycles. The zero-order valence-corrected chi connectivity index (χ0v) is 5.79. The molecule has 4 nitrogen and oxygen atoms in total. The quantitative estimate of drug-likeness (QED) is 0.469. The molecule has 0 saturated heterocycles. The summed E-state index contributed by atoms with van der Waals surface area (Å²) in [6.45, 7) is 0. The van der Waals surface area contributed by atoms with Gasteiger partial charge in [0.1, 0.15) is 0 Å². The van der Waals surface area contributed by atoms with E-state index in [-0.39, 0.29) is 6.17 Å². The van der Waals surface area contributed by atoms with Crippen LogP contribution in [-0.2, 0) is 14.1 Å². The maximum Gasteiger partial charge on any atom is 0.330 e. The minimum atomic E-state index is -0.470. The molecular weight excluding hydrogens is 132 g/mol. The van der Waals surface area contributed by atoms with Crippen LogP contribution in [-0.4, -0.2) is 9.13 Å². The van der Waals surface area contributed by atoms with Crippen molar-refractivity contribution in [3.05, 3.63) is 33.1 Å². The SMILES string of the molecule is [2H]c1cc(=O)n(C)c(=O)n1C. The van der Waals surface area contributed by atoms with E-state index >= 15 is 0 Å². The van der Waals surface area contributed by atoms with Gasteiger partial charge in [-0.15, -0.1) is 0 Å². The highest BCUT2D eigenvalue weighted by Crippen LogP contribution is 1.66. The van der Waals surface area contributed by atoms with E-state index in [1.165, 1.54) is 14.1 Å². The summed E-state index contributed by atoms with van der Waals surface area (Å²) >= 11 is 0. The smallest absolute Gasteiger partial charge is 0.303 e. The fourth-order valence-electron chi connectivity index (χ4n) is 0.623. The number of hydrogen-bond donors (Lipinski definition) is 0. The van der Waals surface area contributed by atoms with E-state index in [0.29, 0.717) is 0 Å². The third-order valence-electron chi connectivity index (χ3n) is 1.29. The first-order valence-electron chi connectivity index (χ1n) is 3.27. The van der Waals surface area contributed by atoms with Crippen LogP contribution in [0.5, 0.6) is 0 Å². The van der Waals surface area contributed by atoms with E-state index in [2.05, 4.69) is 0 Å². The molecule has 0 bridgehead atoms. The molecule has 0 aliphatic carbocycles. The van der Waals surface area contributed by atoms with Crippen molar-refractivity contribution in [1.82, 2.24) is 9.13 Å². The minimum Gasteiger partial charge on any atom is -0.303 e. The molecular formula is C6H8N2O2. The lowest BCUT2D eigenvalue weighted by Gasteiger charge is -1.97. The first kappa shape index (κ1) is 5.46. The summed E-state index contributed by atoms with van der Waals surface area (Å²) in [4.78, 5) is 21.9. The van der Waals surface area contributed by atoms with Gasteiger partial charge in [0.05, 0.1) is 1.37 Å². The number of rotatable bonds is 0. The van der Waals surface area contributed by atoms with Gasteiger partial charge in [-0.2, -0.15) is 0 Å². The molecule has 1 heterocycles. The van der Waals surface area contributed by atoms with Crippen LogP contribution in [0.1, 0.15) is 1.37 Å². The molecule has 1 aromatic rings. The molecule has 0 aliphatic rings. The topological polar surface area (TPSA) is 44.0 Å². The van der Waals surface area contributed by atoms with Gasteiger partial charge in [-0.1, -0.05) is 0 Å². The second kappa shape index (κ2) is 2.13.